The predicted molar refractivity (Wildman–Crippen MR) is 75.3 cm³/mol. The Labute approximate surface area is 119 Å². The number of benzene rings is 1. The molecule has 5 heteroatoms. The van der Waals surface area contributed by atoms with Gasteiger partial charge in [-0.15, -0.1) is 0 Å². The molecule has 0 aromatic heterocycles. The molecule has 0 radical (unpaired) electrons. The molecular formula is C15H21NO4. The van der Waals surface area contributed by atoms with Crippen LogP contribution in [0, 0.1) is 0 Å². The van der Waals surface area contributed by atoms with Crippen LogP contribution < -0.4 is 4.74 Å². The monoisotopic (exact) mass is 279 g/mol. The lowest BCUT2D eigenvalue weighted by atomic mass is 10.2. The molecule has 0 saturated carbocycles. The molecule has 1 fully saturated rings. The number of hydrogen-bond acceptors (Lipinski definition) is 4. The number of carboxylic acid groups (broad SMARTS) is 1. The van der Waals surface area contributed by atoms with E-state index in [4.69, 9.17) is 14.6 Å². The summed E-state index contributed by atoms with van der Waals surface area (Å²) >= 11 is 0. The van der Waals surface area contributed by atoms with Crippen LogP contribution in [-0.2, 0) is 4.74 Å². The van der Waals surface area contributed by atoms with Crippen molar-refractivity contribution in [2.24, 2.45) is 0 Å². The van der Waals surface area contributed by atoms with Crippen LogP contribution in [0.3, 0.4) is 0 Å². The minimum atomic E-state index is -0.978. The van der Waals surface area contributed by atoms with Gasteiger partial charge in [0.1, 0.15) is 24.0 Å². The molecule has 1 aliphatic heterocycles. The summed E-state index contributed by atoms with van der Waals surface area (Å²) in [5.41, 5.74) is 0.184. The zero-order valence-corrected chi connectivity index (χ0v) is 11.9. The standard InChI is InChI=1S/C15H21NO4/c1-11(2)16-7-8-19-12(9-16)10-20-14-6-4-3-5-13(14)15(17)18/h3-6,11-12H,7-10H2,1-2H3,(H,17,18). The molecular weight excluding hydrogens is 258 g/mol. The van der Waals surface area contributed by atoms with E-state index >= 15 is 0 Å². The summed E-state index contributed by atoms with van der Waals surface area (Å²) in [6.07, 6.45) is -0.0204. The first kappa shape index (κ1) is 14.8. The Morgan fingerprint density at radius 3 is 2.95 bits per heavy atom. The van der Waals surface area contributed by atoms with Gasteiger partial charge in [0.25, 0.3) is 0 Å². The van der Waals surface area contributed by atoms with Crippen LogP contribution in [-0.4, -0.2) is 54.4 Å². The van der Waals surface area contributed by atoms with Crippen LogP contribution in [0.4, 0.5) is 0 Å². The van der Waals surface area contributed by atoms with E-state index in [2.05, 4.69) is 18.7 Å². The van der Waals surface area contributed by atoms with Gasteiger partial charge in [0, 0.05) is 19.1 Å². The third-order valence-corrected chi connectivity index (χ3v) is 3.44. The van der Waals surface area contributed by atoms with Crippen molar-refractivity contribution in [1.82, 2.24) is 4.90 Å². The van der Waals surface area contributed by atoms with E-state index < -0.39 is 5.97 Å². The third-order valence-electron chi connectivity index (χ3n) is 3.44. The van der Waals surface area contributed by atoms with E-state index in [1.807, 2.05) is 0 Å². The first-order valence-electron chi connectivity index (χ1n) is 6.88. The number of carbonyl (C=O) groups is 1. The number of morpholine rings is 1. The van der Waals surface area contributed by atoms with Crippen molar-refractivity contribution < 1.29 is 19.4 Å². The molecule has 1 aromatic carbocycles. The van der Waals surface area contributed by atoms with Crippen molar-refractivity contribution >= 4 is 5.97 Å². The average molecular weight is 279 g/mol. The molecule has 0 amide bonds. The molecule has 2 rings (SSSR count). The van der Waals surface area contributed by atoms with Crippen molar-refractivity contribution in [1.29, 1.82) is 0 Å². The fraction of sp³-hybridized carbons (Fsp3) is 0.533. The molecule has 1 unspecified atom stereocenters. The Hall–Kier alpha value is -1.59. The molecule has 0 bridgehead atoms. The Morgan fingerprint density at radius 2 is 2.25 bits per heavy atom. The third kappa shape index (κ3) is 3.71. The van der Waals surface area contributed by atoms with Crippen LogP contribution >= 0.6 is 0 Å². The highest BCUT2D eigenvalue weighted by Crippen LogP contribution is 2.19. The van der Waals surface area contributed by atoms with Gasteiger partial charge in [0.2, 0.25) is 0 Å². The van der Waals surface area contributed by atoms with E-state index in [0.717, 1.165) is 13.1 Å². The topological polar surface area (TPSA) is 59.0 Å². The second-order valence-corrected chi connectivity index (χ2v) is 5.19. The van der Waals surface area contributed by atoms with E-state index in [1.54, 1.807) is 24.3 Å². The second-order valence-electron chi connectivity index (χ2n) is 5.19. The van der Waals surface area contributed by atoms with Gasteiger partial charge in [-0.3, -0.25) is 4.90 Å². The van der Waals surface area contributed by atoms with Gasteiger partial charge in [0.15, 0.2) is 0 Å². The SMILES string of the molecule is CC(C)N1CCOC(COc2ccccc2C(=O)O)C1. The summed E-state index contributed by atoms with van der Waals surface area (Å²) in [4.78, 5) is 13.4. The molecule has 1 aliphatic rings. The number of para-hydroxylation sites is 1. The average Bonchev–Trinajstić information content (AvgIpc) is 2.45. The molecule has 1 heterocycles. The number of hydrogen-bond donors (Lipinski definition) is 1. The zero-order chi connectivity index (χ0) is 14.5. The Kier molecular flexibility index (Phi) is 4.98. The predicted octanol–water partition coefficient (Wildman–Crippen LogP) is 1.87. The number of carboxylic acids is 1. The highest BCUT2D eigenvalue weighted by Gasteiger charge is 2.23. The number of ether oxygens (including phenoxy) is 2. The molecule has 110 valence electrons. The lowest BCUT2D eigenvalue weighted by Gasteiger charge is -2.35. The van der Waals surface area contributed by atoms with Gasteiger partial charge in [-0.1, -0.05) is 12.1 Å². The van der Waals surface area contributed by atoms with Gasteiger partial charge < -0.3 is 14.6 Å². The fourth-order valence-corrected chi connectivity index (χ4v) is 2.26. The van der Waals surface area contributed by atoms with E-state index in [0.29, 0.717) is 25.0 Å². The summed E-state index contributed by atoms with van der Waals surface area (Å²) in [7, 11) is 0. The number of aromatic carboxylic acids is 1. The first-order chi connectivity index (χ1) is 9.58. The van der Waals surface area contributed by atoms with Crippen molar-refractivity contribution in [2.45, 2.75) is 26.0 Å². The maximum atomic E-state index is 11.1. The minimum absolute atomic E-state index is 0.0204. The highest BCUT2D eigenvalue weighted by atomic mass is 16.5. The Balaban J connectivity index is 1.94. The zero-order valence-electron chi connectivity index (χ0n) is 11.9. The van der Waals surface area contributed by atoms with Crippen LogP contribution in [0.2, 0.25) is 0 Å². The summed E-state index contributed by atoms with van der Waals surface area (Å²) in [5, 5.41) is 9.10. The van der Waals surface area contributed by atoms with Crippen LogP contribution in [0.25, 0.3) is 0 Å². The van der Waals surface area contributed by atoms with Gasteiger partial charge in [-0.25, -0.2) is 4.79 Å². The smallest absolute Gasteiger partial charge is 0.339 e. The first-order valence-corrected chi connectivity index (χ1v) is 6.88. The summed E-state index contributed by atoms with van der Waals surface area (Å²) < 4.78 is 11.3. The van der Waals surface area contributed by atoms with Crippen molar-refractivity contribution in [2.75, 3.05) is 26.3 Å². The lowest BCUT2D eigenvalue weighted by molar-refractivity contribution is -0.0565. The number of rotatable bonds is 5. The molecule has 1 aromatic rings. The molecule has 1 saturated heterocycles. The van der Waals surface area contributed by atoms with E-state index in [-0.39, 0.29) is 11.7 Å². The summed E-state index contributed by atoms with van der Waals surface area (Å²) in [6, 6.07) is 7.15. The Bertz CT molecular complexity index is 461. The maximum Gasteiger partial charge on any atom is 0.339 e. The number of nitrogens with zero attached hydrogens (tertiary/aromatic N) is 1. The van der Waals surface area contributed by atoms with Crippen molar-refractivity contribution in [3.63, 3.8) is 0 Å². The van der Waals surface area contributed by atoms with Crippen molar-refractivity contribution in [3.8, 4) is 5.75 Å². The van der Waals surface area contributed by atoms with Gasteiger partial charge in [0.05, 0.1) is 6.61 Å². The van der Waals surface area contributed by atoms with E-state index in [1.165, 1.54) is 0 Å². The van der Waals surface area contributed by atoms with Gasteiger partial charge in [-0.05, 0) is 26.0 Å². The highest BCUT2D eigenvalue weighted by molar-refractivity contribution is 5.90. The normalized spacial score (nSPS) is 20.1. The molecule has 1 N–H and O–H groups in total. The van der Waals surface area contributed by atoms with Crippen molar-refractivity contribution in [3.05, 3.63) is 29.8 Å². The van der Waals surface area contributed by atoms with Gasteiger partial charge in [-0.2, -0.15) is 0 Å². The second kappa shape index (κ2) is 6.72. The maximum absolute atomic E-state index is 11.1. The van der Waals surface area contributed by atoms with E-state index in [9.17, 15) is 4.79 Å². The molecule has 5 nitrogen and oxygen atoms in total. The molecule has 20 heavy (non-hydrogen) atoms. The molecule has 0 aliphatic carbocycles. The Morgan fingerprint density at radius 1 is 1.50 bits per heavy atom. The quantitative estimate of drug-likeness (QED) is 0.891. The van der Waals surface area contributed by atoms with Crippen LogP contribution in [0.1, 0.15) is 24.2 Å². The van der Waals surface area contributed by atoms with Crippen LogP contribution in [0.15, 0.2) is 24.3 Å². The molecule has 0 spiro atoms. The van der Waals surface area contributed by atoms with Gasteiger partial charge >= 0.3 is 5.97 Å². The summed E-state index contributed by atoms with van der Waals surface area (Å²) in [6.45, 7) is 7.11. The fourth-order valence-electron chi connectivity index (χ4n) is 2.26. The molecule has 1 atom stereocenters. The lowest BCUT2D eigenvalue weighted by Crippen LogP contribution is -2.47. The van der Waals surface area contributed by atoms with Crippen LogP contribution in [0.5, 0.6) is 5.75 Å². The summed E-state index contributed by atoms with van der Waals surface area (Å²) in [5.74, 6) is -0.584. The largest absolute Gasteiger partial charge is 0.490 e. The minimum Gasteiger partial charge on any atom is -0.490 e.